The van der Waals surface area contributed by atoms with Crippen LogP contribution in [-0.2, 0) is 0 Å². The zero-order valence-corrected chi connectivity index (χ0v) is 12.0. The minimum atomic E-state index is -0.435. The van der Waals surface area contributed by atoms with Crippen LogP contribution in [0.4, 0.5) is 4.39 Å². The van der Waals surface area contributed by atoms with Crippen molar-refractivity contribution in [3.8, 4) is 5.69 Å². The molecule has 19 heavy (non-hydrogen) atoms. The Bertz CT molecular complexity index is 580. The summed E-state index contributed by atoms with van der Waals surface area (Å²) >= 11 is 5.69. The average Bonchev–Trinajstić information content (AvgIpc) is 2.75. The number of halogens is 2. The molecule has 0 aliphatic carbocycles. The van der Waals surface area contributed by atoms with Gasteiger partial charge in [-0.25, -0.2) is 9.07 Å². The van der Waals surface area contributed by atoms with Crippen LogP contribution in [0.25, 0.3) is 5.69 Å². The molecule has 0 aliphatic heterocycles. The molecule has 1 aromatic heterocycles. The predicted molar refractivity (Wildman–Crippen MR) is 75.4 cm³/mol. The first-order valence-electron chi connectivity index (χ1n) is 6.28. The maximum Gasteiger partial charge on any atom is 0.143 e. The Morgan fingerprint density at radius 2 is 2.21 bits per heavy atom. The van der Waals surface area contributed by atoms with Crippen LogP contribution in [0, 0.1) is 12.7 Å². The summed E-state index contributed by atoms with van der Waals surface area (Å²) in [4.78, 5) is 0. The molecule has 2 rings (SSSR count). The first-order chi connectivity index (χ1) is 9.04. The summed E-state index contributed by atoms with van der Waals surface area (Å²) in [7, 11) is 0. The molecule has 0 amide bonds. The number of aromatic nitrogens is 2. The third-order valence-electron chi connectivity index (χ3n) is 3.17. The highest BCUT2D eigenvalue weighted by atomic mass is 35.5. The van der Waals surface area contributed by atoms with Gasteiger partial charge in [0, 0.05) is 23.4 Å². The van der Waals surface area contributed by atoms with Gasteiger partial charge in [0.05, 0.1) is 16.9 Å². The number of hydrogen-bond donors (Lipinski definition) is 1. The van der Waals surface area contributed by atoms with E-state index in [9.17, 15) is 4.39 Å². The summed E-state index contributed by atoms with van der Waals surface area (Å²) in [5.41, 5.74) is 2.78. The van der Waals surface area contributed by atoms with Crippen molar-refractivity contribution < 1.29 is 4.39 Å². The van der Waals surface area contributed by atoms with Gasteiger partial charge in [-0.05, 0) is 32.5 Å². The van der Waals surface area contributed by atoms with Crippen molar-refractivity contribution in [1.82, 2.24) is 15.1 Å². The molecule has 3 nitrogen and oxygen atoms in total. The fourth-order valence-electron chi connectivity index (χ4n) is 2.14. The Balaban J connectivity index is 2.38. The molecular formula is C14H17ClFN3. The lowest BCUT2D eigenvalue weighted by molar-refractivity contribution is 0.594. The highest BCUT2D eigenvalue weighted by molar-refractivity contribution is 6.30. The molecule has 1 aromatic carbocycles. The minimum absolute atomic E-state index is 0.120. The summed E-state index contributed by atoms with van der Waals surface area (Å²) < 4.78 is 15.2. The van der Waals surface area contributed by atoms with Crippen molar-refractivity contribution in [2.75, 3.05) is 6.54 Å². The first kappa shape index (κ1) is 14.0. The van der Waals surface area contributed by atoms with Gasteiger partial charge >= 0.3 is 0 Å². The Hall–Kier alpha value is -1.39. The summed E-state index contributed by atoms with van der Waals surface area (Å²) in [6.07, 6.45) is 1.81. The molecular weight excluding hydrogens is 265 g/mol. The second kappa shape index (κ2) is 5.72. The number of rotatable bonds is 4. The fraction of sp³-hybridized carbons (Fsp3) is 0.357. The molecule has 0 saturated heterocycles. The van der Waals surface area contributed by atoms with Gasteiger partial charge < -0.3 is 5.32 Å². The van der Waals surface area contributed by atoms with Crippen LogP contribution in [0.3, 0.4) is 0 Å². The standard InChI is InChI=1S/C14H17ClFN3/c1-4-17-9(2)12-8-18-19(10(12)3)11-5-6-13(15)14(16)7-11/h5-9,17H,4H2,1-3H3. The molecule has 2 aromatic rings. The molecule has 0 aliphatic rings. The molecule has 1 N–H and O–H groups in total. The Morgan fingerprint density at radius 3 is 2.84 bits per heavy atom. The molecule has 1 heterocycles. The van der Waals surface area contributed by atoms with E-state index in [-0.39, 0.29) is 11.1 Å². The summed E-state index contributed by atoms with van der Waals surface area (Å²) in [6.45, 7) is 7.01. The van der Waals surface area contributed by atoms with E-state index in [4.69, 9.17) is 11.6 Å². The average molecular weight is 282 g/mol. The second-order valence-corrected chi connectivity index (χ2v) is 4.88. The summed E-state index contributed by atoms with van der Waals surface area (Å²) in [6, 6.07) is 4.91. The SMILES string of the molecule is CCNC(C)c1cnn(-c2ccc(Cl)c(F)c2)c1C. The molecule has 0 spiro atoms. The fourth-order valence-corrected chi connectivity index (χ4v) is 2.26. The number of hydrogen-bond acceptors (Lipinski definition) is 2. The highest BCUT2D eigenvalue weighted by Gasteiger charge is 2.14. The van der Waals surface area contributed by atoms with Crippen molar-refractivity contribution in [2.24, 2.45) is 0 Å². The van der Waals surface area contributed by atoms with Crippen LogP contribution in [0.15, 0.2) is 24.4 Å². The molecule has 0 fully saturated rings. The third-order valence-corrected chi connectivity index (χ3v) is 3.48. The molecule has 102 valence electrons. The Morgan fingerprint density at radius 1 is 1.47 bits per heavy atom. The highest BCUT2D eigenvalue weighted by Crippen LogP contribution is 2.22. The number of nitrogens with zero attached hydrogens (tertiary/aromatic N) is 2. The number of nitrogens with one attached hydrogen (secondary N) is 1. The van der Waals surface area contributed by atoms with Crippen molar-refractivity contribution in [1.29, 1.82) is 0 Å². The molecule has 0 bridgehead atoms. The van der Waals surface area contributed by atoms with E-state index in [1.54, 1.807) is 16.8 Å². The van der Waals surface area contributed by atoms with Gasteiger partial charge in [0.2, 0.25) is 0 Å². The van der Waals surface area contributed by atoms with Crippen LogP contribution in [-0.4, -0.2) is 16.3 Å². The van der Waals surface area contributed by atoms with Gasteiger partial charge in [-0.15, -0.1) is 0 Å². The lowest BCUT2D eigenvalue weighted by Crippen LogP contribution is -2.18. The van der Waals surface area contributed by atoms with Crippen LogP contribution < -0.4 is 5.32 Å². The van der Waals surface area contributed by atoms with Crippen molar-refractivity contribution in [2.45, 2.75) is 26.8 Å². The maximum absolute atomic E-state index is 13.5. The monoisotopic (exact) mass is 281 g/mol. The van der Waals surface area contributed by atoms with Crippen LogP contribution in [0.2, 0.25) is 5.02 Å². The lowest BCUT2D eigenvalue weighted by Gasteiger charge is -2.12. The predicted octanol–water partition coefficient (Wildman–Crippen LogP) is 3.64. The summed E-state index contributed by atoms with van der Waals surface area (Å²) in [5.74, 6) is -0.435. The van der Waals surface area contributed by atoms with Gasteiger partial charge in [-0.3, -0.25) is 0 Å². The lowest BCUT2D eigenvalue weighted by atomic mass is 10.1. The molecule has 0 saturated carbocycles. The zero-order chi connectivity index (χ0) is 14.0. The topological polar surface area (TPSA) is 29.9 Å². The molecule has 0 radical (unpaired) electrons. The zero-order valence-electron chi connectivity index (χ0n) is 11.2. The van der Waals surface area contributed by atoms with Gasteiger partial charge in [0.15, 0.2) is 0 Å². The third kappa shape index (κ3) is 2.80. The quantitative estimate of drug-likeness (QED) is 0.927. The van der Waals surface area contributed by atoms with Crippen molar-refractivity contribution in [3.05, 3.63) is 46.5 Å². The number of benzene rings is 1. The van der Waals surface area contributed by atoms with Gasteiger partial charge in [0.1, 0.15) is 5.82 Å². The van der Waals surface area contributed by atoms with Crippen molar-refractivity contribution >= 4 is 11.6 Å². The molecule has 1 atom stereocenters. The van der Waals surface area contributed by atoms with Crippen molar-refractivity contribution in [3.63, 3.8) is 0 Å². The van der Waals surface area contributed by atoms with Gasteiger partial charge in [0.25, 0.3) is 0 Å². The van der Waals surface area contributed by atoms with E-state index < -0.39 is 5.82 Å². The van der Waals surface area contributed by atoms with Crippen LogP contribution >= 0.6 is 11.6 Å². The van der Waals surface area contributed by atoms with E-state index >= 15 is 0 Å². The van der Waals surface area contributed by atoms with E-state index in [1.807, 2.05) is 13.1 Å². The second-order valence-electron chi connectivity index (χ2n) is 4.47. The van der Waals surface area contributed by atoms with E-state index in [0.29, 0.717) is 5.69 Å². The van der Waals surface area contributed by atoms with Gasteiger partial charge in [-0.1, -0.05) is 18.5 Å². The molecule has 1 unspecified atom stereocenters. The van der Waals surface area contributed by atoms with E-state index in [1.165, 1.54) is 6.07 Å². The van der Waals surface area contributed by atoms with Crippen LogP contribution in [0.5, 0.6) is 0 Å². The van der Waals surface area contributed by atoms with E-state index in [0.717, 1.165) is 17.8 Å². The normalized spacial score (nSPS) is 12.7. The Labute approximate surface area is 117 Å². The van der Waals surface area contributed by atoms with Crippen LogP contribution in [0.1, 0.15) is 31.1 Å². The van der Waals surface area contributed by atoms with E-state index in [2.05, 4.69) is 24.3 Å². The van der Waals surface area contributed by atoms with Gasteiger partial charge in [-0.2, -0.15) is 5.10 Å². The largest absolute Gasteiger partial charge is 0.310 e. The molecule has 5 heteroatoms. The minimum Gasteiger partial charge on any atom is -0.310 e. The maximum atomic E-state index is 13.5. The summed E-state index contributed by atoms with van der Waals surface area (Å²) in [5, 5.41) is 7.79. The first-order valence-corrected chi connectivity index (χ1v) is 6.65. The smallest absolute Gasteiger partial charge is 0.143 e. The Kier molecular flexibility index (Phi) is 4.22.